The van der Waals surface area contributed by atoms with E-state index in [1.54, 1.807) is 18.2 Å². The molecule has 144 valence electrons. The molecule has 0 bridgehead atoms. The molecule has 2 heterocycles. The molecule has 0 spiro atoms. The fraction of sp³-hybridized carbons (Fsp3) is 0.158. The maximum atomic E-state index is 13.3. The minimum atomic E-state index is -4.62. The maximum absolute atomic E-state index is 13.3. The Morgan fingerprint density at radius 3 is 2.57 bits per heavy atom. The van der Waals surface area contributed by atoms with Crippen molar-refractivity contribution in [1.82, 2.24) is 4.98 Å². The SMILES string of the molecule is O=C(O)c1cnc2c(C(F)(F)F)cccc2c1Nc1ccc2c(c1)OCCO2. The number of para-hydroxylation sites is 1. The van der Waals surface area contributed by atoms with E-state index >= 15 is 0 Å². The third kappa shape index (κ3) is 3.15. The van der Waals surface area contributed by atoms with E-state index in [0.29, 0.717) is 30.4 Å². The summed E-state index contributed by atoms with van der Waals surface area (Å²) in [6.07, 6.45) is -3.70. The average Bonchev–Trinajstić information content (AvgIpc) is 2.66. The molecule has 0 atom stereocenters. The molecule has 9 heteroatoms. The minimum Gasteiger partial charge on any atom is -0.486 e. The average molecular weight is 390 g/mol. The highest BCUT2D eigenvalue weighted by Gasteiger charge is 2.34. The van der Waals surface area contributed by atoms with Gasteiger partial charge in [-0.15, -0.1) is 0 Å². The Hall–Kier alpha value is -3.49. The van der Waals surface area contributed by atoms with Crippen molar-refractivity contribution in [3.05, 3.63) is 53.7 Å². The van der Waals surface area contributed by atoms with E-state index in [4.69, 9.17) is 9.47 Å². The Balaban J connectivity index is 1.87. The molecular weight excluding hydrogens is 377 g/mol. The van der Waals surface area contributed by atoms with Crippen LogP contribution in [-0.4, -0.2) is 29.3 Å². The lowest BCUT2D eigenvalue weighted by atomic mass is 10.0. The number of carbonyl (C=O) groups is 1. The first kappa shape index (κ1) is 17.9. The van der Waals surface area contributed by atoms with Crippen molar-refractivity contribution in [2.45, 2.75) is 6.18 Å². The normalized spacial score (nSPS) is 13.4. The molecular formula is C19H13F3N2O4. The van der Waals surface area contributed by atoms with Crippen LogP contribution in [0.15, 0.2) is 42.6 Å². The number of aromatic nitrogens is 1. The van der Waals surface area contributed by atoms with Crippen LogP contribution >= 0.6 is 0 Å². The number of carboxylic acid groups (broad SMARTS) is 1. The van der Waals surface area contributed by atoms with E-state index in [1.165, 1.54) is 12.1 Å². The largest absolute Gasteiger partial charge is 0.486 e. The van der Waals surface area contributed by atoms with Gasteiger partial charge in [-0.2, -0.15) is 13.2 Å². The summed E-state index contributed by atoms with van der Waals surface area (Å²) in [5.74, 6) is -0.316. The summed E-state index contributed by atoms with van der Waals surface area (Å²) in [6.45, 7) is 0.780. The first-order valence-electron chi connectivity index (χ1n) is 8.23. The zero-order chi connectivity index (χ0) is 19.9. The molecule has 1 aliphatic rings. The summed E-state index contributed by atoms with van der Waals surface area (Å²) in [5.41, 5.74) is -1.06. The number of anilines is 2. The van der Waals surface area contributed by atoms with Crippen LogP contribution < -0.4 is 14.8 Å². The van der Waals surface area contributed by atoms with Gasteiger partial charge >= 0.3 is 12.1 Å². The summed E-state index contributed by atoms with van der Waals surface area (Å²) in [7, 11) is 0. The molecule has 28 heavy (non-hydrogen) atoms. The zero-order valence-electron chi connectivity index (χ0n) is 14.2. The summed E-state index contributed by atoms with van der Waals surface area (Å²) in [5, 5.41) is 12.4. The Morgan fingerprint density at radius 1 is 1.11 bits per heavy atom. The van der Waals surface area contributed by atoms with E-state index < -0.39 is 17.7 Å². The van der Waals surface area contributed by atoms with Gasteiger partial charge in [-0.3, -0.25) is 4.98 Å². The number of pyridine rings is 1. The number of carboxylic acids is 1. The van der Waals surface area contributed by atoms with Crippen molar-refractivity contribution < 1.29 is 32.5 Å². The van der Waals surface area contributed by atoms with Gasteiger partial charge in [0.05, 0.1) is 16.8 Å². The Labute approximate surface area is 156 Å². The summed E-state index contributed by atoms with van der Waals surface area (Å²) in [4.78, 5) is 15.4. The molecule has 0 aliphatic carbocycles. The fourth-order valence-electron chi connectivity index (χ4n) is 3.01. The predicted octanol–water partition coefficient (Wildman–Crippen LogP) is 4.47. The van der Waals surface area contributed by atoms with Gasteiger partial charge in [0.2, 0.25) is 0 Å². The number of rotatable bonds is 3. The molecule has 4 rings (SSSR count). The third-order valence-electron chi connectivity index (χ3n) is 4.24. The standard InChI is InChI=1S/C19H13F3N2O4/c20-19(21,22)13-3-1-2-11-16(12(18(25)26)9-23-17(11)13)24-10-4-5-14-15(8-10)28-7-6-27-14/h1-5,8-9H,6-7H2,(H,23,24)(H,25,26). The maximum Gasteiger partial charge on any atom is 0.418 e. The molecule has 0 saturated heterocycles. The van der Waals surface area contributed by atoms with Crippen molar-refractivity contribution in [3.8, 4) is 11.5 Å². The third-order valence-corrected chi connectivity index (χ3v) is 4.24. The highest BCUT2D eigenvalue weighted by molar-refractivity contribution is 6.06. The summed E-state index contributed by atoms with van der Waals surface area (Å²) in [6, 6.07) is 8.38. The number of halogens is 3. The lowest BCUT2D eigenvalue weighted by molar-refractivity contribution is -0.136. The van der Waals surface area contributed by atoms with Crippen molar-refractivity contribution >= 4 is 28.2 Å². The number of nitrogens with zero attached hydrogens (tertiary/aromatic N) is 1. The second kappa shape index (κ2) is 6.59. The van der Waals surface area contributed by atoms with Crippen molar-refractivity contribution in [3.63, 3.8) is 0 Å². The second-order valence-electron chi connectivity index (χ2n) is 6.03. The van der Waals surface area contributed by atoms with Gasteiger partial charge in [0, 0.05) is 23.3 Å². The van der Waals surface area contributed by atoms with Crippen LogP contribution in [0.1, 0.15) is 15.9 Å². The Morgan fingerprint density at radius 2 is 1.86 bits per heavy atom. The monoisotopic (exact) mass is 390 g/mol. The quantitative estimate of drug-likeness (QED) is 0.687. The second-order valence-corrected chi connectivity index (χ2v) is 6.03. The van der Waals surface area contributed by atoms with Gasteiger partial charge in [-0.25, -0.2) is 4.79 Å². The number of nitrogens with one attached hydrogen (secondary N) is 1. The van der Waals surface area contributed by atoms with Gasteiger partial charge < -0.3 is 19.9 Å². The molecule has 3 aromatic rings. The Bertz CT molecular complexity index is 1080. The van der Waals surface area contributed by atoms with Crippen LogP contribution in [0.4, 0.5) is 24.5 Å². The highest BCUT2D eigenvalue weighted by Crippen LogP contribution is 2.39. The van der Waals surface area contributed by atoms with Crippen LogP contribution in [0.3, 0.4) is 0 Å². The number of hydrogen-bond donors (Lipinski definition) is 2. The molecule has 2 aromatic carbocycles. The zero-order valence-corrected chi connectivity index (χ0v) is 14.2. The molecule has 1 aromatic heterocycles. The van der Waals surface area contributed by atoms with Gasteiger partial charge in [-0.05, 0) is 18.2 Å². The Kier molecular flexibility index (Phi) is 4.21. The van der Waals surface area contributed by atoms with E-state index in [0.717, 1.165) is 12.3 Å². The van der Waals surface area contributed by atoms with E-state index in [1.807, 2.05) is 0 Å². The molecule has 1 aliphatic heterocycles. The number of hydrogen-bond acceptors (Lipinski definition) is 5. The summed E-state index contributed by atoms with van der Waals surface area (Å²) >= 11 is 0. The number of ether oxygens (including phenoxy) is 2. The van der Waals surface area contributed by atoms with Crippen molar-refractivity contribution in [1.29, 1.82) is 0 Å². The number of alkyl halides is 3. The van der Waals surface area contributed by atoms with E-state index in [2.05, 4.69) is 10.3 Å². The number of benzene rings is 2. The van der Waals surface area contributed by atoms with Crippen molar-refractivity contribution in [2.75, 3.05) is 18.5 Å². The van der Waals surface area contributed by atoms with Gasteiger partial charge in [0.15, 0.2) is 11.5 Å². The molecule has 0 saturated carbocycles. The van der Waals surface area contributed by atoms with Crippen LogP contribution in [0.2, 0.25) is 0 Å². The van der Waals surface area contributed by atoms with Crippen LogP contribution in [0.5, 0.6) is 11.5 Å². The van der Waals surface area contributed by atoms with E-state index in [9.17, 15) is 23.1 Å². The molecule has 0 amide bonds. The van der Waals surface area contributed by atoms with Crippen LogP contribution in [0.25, 0.3) is 10.9 Å². The molecule has 2 N–H and O–H groups in total. The molecule has 6 nitrogen and oxygen atoms in total. The first-order valence-corrected chi connectivity index (χ1v) is 8.23. The van der Waals surface area contributed by atoms with Gasteiger partial charge in [0.25, 0.3) is 0 Å². The predicted molar refractivity (Wildman–Crippen MR) is 94.4 cm³/mol. The summed E-state index contributed by atoms with van der Waals surface area (Å²) < 4.78 is 50.9. The minimum absolute atomic E-state index is 0.0141. The lowest BCUT2D eigenvalue weighted by Gasteiger charge is -2.20. The smallest absolute Gasteiger partial charge is 0.418 e. The topological polar surface area (TPSA) is 80.7 Å². The lowest BCUT2D eigenvalue weighted by Crippen LogP contribution is -2.15. The van der Waals surface area contributed by atoms with E-state index in [-0.39, 0.29) is 22.2 Å². The number of aromatic carboxylic acids is 1. The van der Waals surface area contributed by atoms with Crippen LogP contribution in [0, 0.1) is 0 Å². The fourth-order valence-corrected chi connectivity index (χ4v) is 3.01. The van der Waals surface area contributed by atoms with Crippen molar-refractivity contribution in [2.24, 2.45) is 0 Å². The number of fused-ring (bicyclic) bond motifs is 2. The first-order chi connectivity index (χ1) is 13.3. The van der Waals surface area contributed by atoms with Gasteiger partial charge in [0.1, 0.15) is 18.8 Å². The highest BCUT2D eigenvalue weighted by atomic mass is 19.4. The molecule has 0 radical (unpaired) electrons. The van der Waals surface area contributed by atoms with Crippen LogP contribution in [-0.2, 0) is 6.18 Å². The molecule has 0 unspecified atom stereocenters. The van der Waals surface area contributed by atoms with Gasteiger partial charge in [-0.1, -0.05) is 12.1 Å². The molecule has 0 fully saturated rings.